The predicted molar refractivity (Wildman–Crippen MR) is 95.6 cm³/mol. The first-order chi connectivity index (χ1) is 11.5. The lowest BCUT2D eigenvalue weighted by molar-refractivity contribution is -0.136. The highest BCUT2D eigenvalue weighted by molar-refractivity contribution is 6.35. The highest BCUT2D eigenvalue weighted by Crippen LogP contribution is 2.25. The molecular weight excluding hydrogens is 351 g/mol. The van der Waals surface area contributed by atoms with Crippen LogP contribution in [0.4, 0.5) is 5.69 Å². The van der Waals surface area contributed by atoms with Crippen molar-refractivity contribution >= 4 is 40.7 Å². The summed E-state index contributed by atoms with van der Waals surface area (Å²) in [6.45, 7) is 3.20. The number of halogens is 2. The van der Waals surface area contributed by atoms with Crippen LogP contribution in [0.5, 0.6) is 0 Å². The standard InChI is InChI=1S/C17H22Cl2N2O3/c1-2-7-21(17(23)10-13-4-3-8-24-13)11-16(22)20-15-9-12(18)5-6-14(15)19/h5-6,9,13H,2-4,7-8,10-11H2,1H3,(H,20,22). The molecule has 7 heteroatoms. The van der Waals surface area contributed by atoms with Gasteiger partial charge in [-0.15, -0.1) is 0 Å². The number of rotatable bonds is 7. The summed E-state index contributed by atoms with van der Waals surface area (Å²) in [5.41, 5.74) is 0.442. The molecule has 1 aliphatic rings. The van der Waals surface area contributed by atoms with Crippen LogP contribution in [0.2, 0.25) is 10.0 Å². The van der Waals surface area contributed by atoms with E-state index in [1.165, 1.54) is 0 Å². The number of benzene rings is 1. The van der Waals surface area contributed by atoms with Gasteiger partial charge in [-0.2, -0.15) is 0 Å². The maximum absolute atomic E-state index is 12.4. The van der Waals surface area contributed by atoms with E-state index in [0.29, 0.717) is 35.3 Å². The number of carbonyl (C=O) groups is 2. The van der Waals surface area contributed by atoms with Crippen molar-refractivity contribution < 1.29 is 14.3 Å². The van der Waals surface area contributed by atoms with Crippen molar-refractivity contribution in [2.24, 2.45) is 0 Å². The molecule has 1 fully saturated rings. The number of hydrogen-bond donors (Lipinski definition) is 1. The first-order valence-corrected chi connectivity index (χ1v) is 8.89. The fourth-order valence-corrected chi connectivity index (χ4v) is 2.98. The summed E-state index contributed by atoms with van der Waals surface area (Å²) in [5.74, 6) is -0.357. The molecule has 0 aliphatic carbocycles. The topological polar surface area (TPSA) is 58.6 Å². The van der Waals surface area contributed by atoms with Gasteiger partial charge in [-0.05, 0) is 37.5 Å². The van der Waals surface area contributed by atoms with E-state index >= 15 is 0 Å². The van der Waals surface area contributed by atoms with Crippen molar-refractivity contribution in [1.82, 2.24) is 4.90 Å². The highest BCUT2D eigenvalue weighted by atomic mass is 35.5. The molecular formula is C17H22Cl2N2O3. The van der Waals surface area contributed by atoms with E-state index in [2.05, 4.69) is 5.32 Å². The Morgan fingerprint density at radius 2 is 2.17 bits per heavy atom. The summed E-state index contributed by atoms with van der Waals surface area (Å²) in [5, 5.41) is 3.59. The van der Waals surface area contributed by atoms with Gasteiger partial charge < -0.3 is 15.0 Å². The molecule has 0 spiro atoms. The van der Waals surface area contributed by atoms with Crippen LogP contribution in [0.1, 0.15) is 32.6 Å². The number of carbonyl (C=O) groups excluding carboxylic acids is 2. The summed E-state index contributed by atoms with van der Waals surface area (Å²) in [7, 11) is 0. The number of anilines is 1. The van der Waals surface area contributed by atoms with Crippen LogP contribution >= 0.6 is 23.2 Å². The number of nitrogens with one attached hydrogen (secondary N) is 1. The van der Waals surface area contributed by atoms with Crippen molar-refractivity contribution in [3.05, 3.63) is 28.2 Å². The summed E-state index contributed by atoms with van der Waals surface area (Å²) >= 11 is 12.0. The molecule has 1 N–H and O–H groups in total. The lowest BCUT2D eigenvalue weighted by Crippen LogP contribution is -2.39. The maximum Gasteiger partial charge on any atom is 0.244 e. The highest BCUT2D eigenvalue weighted by Gasteiger charge is 2.24. The first kappa shape index (κ1) is 19.0. The van der Waals surface area contributed by atoms with Crippen molar-refractivity contribution in [3.63, 3.8) is 0 Å². The van der Waals surface area contributed by atoms with Gasteiger partial charge in [0, 0.05) is 18.2 Å². The molecule has 0 bridgehead atoms. The van der Waals surface area contributed by atoms with Gasteiger partial charge in [0.2, 0.25) is 11.8 Å². The maximum atomic E-state index is 12.4. The van der Waals surface area contributed by atoms with Gasteiger partial charge >= 0.3 is 0 Å². The molecule has 5 nitrogen and oxygen atoms in total. The van der Waals surface area contributed by atoms with E-state index in [1.54, 1.807) is 23.1 Å². The molecule has 1 saturated heterocycles. The van der Waals surface area contributed by atoms with E-state index in [9.17, 15) is 9.59 Å². The lowest BCUT2D eigenvalue weighted by atomic mass is 10.1. The minimum atomic E-state index is -0.298. The number of nitrogens with zero attached hydrogens (tertiary/aromatic N) is 1. The molecule has 0 radical (unpaired) electrons. The molecule has 2 amide bonds. The van der Waals surface area contributed by atoms with Crippen LogP contribution in [0.3, 0.4) is 0 Å². The second kappa shape index (κ2) is 9.25. The zero-order valence-corrected chi connectivity index (χ0v) is 15.2. The van der Waals surface area contributed by atoms with E-state index in [0.717, 1.165) is 19.3 Å². The normalized spacial score (nSPS) is 16.9. The molecule has 132 valence electrons. The van der Waals surface area contributed by atoms with Gasteiger partial charge in [0.25, 0.3) is 0 Å². The van der Waals surface area contributed by atoms with Crippen molar-refractivity contribution in [2.45, 2.75) is 38.7 Å². The quantitative estimate of drug-likeness (QED) is 0.792. The van der Waals surface area contributed by atoms with E-state index in [1.807, 2.05) is 6.92 Å². The van der Waals surface area contributed by atoms with Crippen LogP contribution < -0.4 is 5.32 Å². The number of amides is 2. The SMILES string of the molecule is CCCN(CC(=O)Nc1cc(Cl)ccc1Cl)C(=O)CC1CCCO1. The molecule has 1 atom stereocenters. The minimum Gasteiger partial charge on any atom is -0.378 e. The Hall–Kier alpha value is -1.30. The molecule has 2 rings (SSSR count). The molecule has 0 aromatic heterocycles. The van der Waals surface area contributed by atoms with Gasteiger partial charge in [-0.25, -0.2) is 0 Å². The monoisotopic (exact) mass is 372 g/mol. The van der Waals surface area contributed by atoms with Crippen molar-refractivity contribution in [2.75, 3.05) is 25.0 Å². The minimum absolute atomic E-state index is 0.0117. The summed E-state index contributed by atoms with van der Waals surface area (Å²) in [4.78, 5) is 26.2. The molecule has 1 aliphatic heterocycles. The van der Waals surface area contributed by atoms with Gasteiger partial charge in [0.1, 0.15) is 0 Å². The summed E-state index contributed by atoms with van der Waals surface area (Å²) in [6, 6.07) is 4.85. The third-order valence-corrected chi connectivity index (χ3v) is 4.37. The van der Waals surface area contributed by atoms with Crippen LogP contribution in [0.25, 0.3) is 0 Å². The molecule has 1 aromatic rings. The molecule has 0 saturated carbocycles. The van der Waals surface area contributed by atoms with Crippen molar-refractivity contribution in [1.29, 1.82) is 0 Å². The Balaban J connectivity index is 1.94. The Morgan fingerprint density at radius 3 is 2.83 bits per heavy atom. The van der Waals surface area contributed by atoms with Gasteiger partial charge in [-0.1, -0.05) is 30.1 Å². The number of hydrogen-bond acceptors (Lipinski definition) is 3. The summed E-state index contributed by atoms with van der Waals surface area (Å²) in [6.07, 6.45) is 2.96. The van der Waals surface area contributed by atoms with E-state index in [-0.39, 0.29) is 24.5 Å². The zero-order chi connectivity index (χ0) is 17.5. The Kier molecular flexibility index (Phi) is 7.34. The second-order valence-electron chi connectivity index (χ2n) is 5.83. The van der Waals surface area contributed by atoms with Crippen LogP contribution in [-0.4, -0.2) is 42.5 Å². The smallest absolute Gasteiger partial charge is 0.244 e. The van der Waals surface area contributed by atoms with Crippen LogP contribution in [0, 0.1) is 0 Å². The van der Waals surface area contributed by atoms with E-state index in [4.69, 9.17) is 27.9 Å². The molecule has 24 heavy (non-hydrogen) atoms. The second-order valence-corrected chi connectivity index (χ2v) is 6.67. The largest absolute Gasteiger partial charge is 0.378 e. The molecule has 1 aromatic carbocycles. The third-order valence-electron chi connectivity index (χ3n) is 3.81. The Morgan fingerprint density at radius 1 is 1.38 bits per heavy atom. The first-order valence-electron chi connectivity index (χ1n) is 8.14. The fraction of sp³-hybridized carbons (Fsp3) is 0.529. The average Bonchev–Trinajstić information content (AvgIpc) is 3.03. The Labute approximate surface area is 152 Å². The summed E-state index contributed by atoms with van der Waals surface area (Å²) < 4.78 is 5.50. The van der Waals surface area contributed by atoms with Gasteiger partial charge in [-0.3, -0.25) is 9.59 Å². The Bertz CT molecular complexity index is 589. The third kappa shape index (κ3) is 5.65. The predicted octanol–water partition coefficient (Wildman–Crippen LogP) is 3.74. The fourth-order valence-electron chi connectivity index (χ4n) is 2.65. The van der Waals surface area contributed by atoms with E-state index < -0.39 is 0 Å². The van der Waals surface area contributed by atoms with Crippen molar-refractivity contribution in [3.8, 4) is 0 Å². The molecule has 1 heterocycles. The van der Waals surface area contributed by atoms with Gasteiger partial charge in [0.15, 0.2) is 0 Å². The average molecular weight is 373 g/mol. The zero-order valence-electron chi connectivity index (χ0n) is 13.7. The lowest BCUT2D eigenvalue weighted by Gasteiger charge is -2.23. The van der Waals surface area contributed by atoms with Crippen LogP contribution in [0.15, 0.2) is 18.2 Å². The number of ether oxygens (including phenoxy) is 1. The van der Waals surface area contributed by atoms with Gasteiger partial charge in [0.05, 0.1) is 29.8 Å². The van der Waals surface area contributed by atoms with Crippen LogP contribution in [-0.2, 0) is 14.3 Å². The molecule has 1 unspecified atom stereocenters.